The number of halogens is 1. The molecule has 5 nitrogen and oxygen atoms in total. The summed E-state index contributed by atoms with van der Waals surface area (Å²) >= 11 is 0. The summed E-state index contributed by atoms with van der Waals surface area (Å²) in [6.07, 6.45) is 6.36. The van der Waals surface area contributed by atoms with Crippen molar-refractivity contribution < 1.29 is 4.39 Å². The molecule has 3 aromatic rings. The lowest BCUT2D eigenvalue weighted by atomic mass is 10.2. The average molecular weight is 217 g/mol. The molecule has 0 radical (unpaired) electrons. The highest BCUT2D eigenvalue weighted by atomic mass is 19.1. The molecule has 0 aliphatic heterocycles. The topological polar surface area (TPSA) is 48.0 Å². The zero-order valence-corrected chi connectivity index (χ0v) is 8.50. The van der Waals surface area contributed by atoms with Crippen molar-refractivity contribution in [3.05, 3.63) is 36.9 Å². The third-order valence-electron chi connectivity index (χ3n) is 2.46. The second-order valence-electron chi connectivity index (χ2n) is 3.48. The van der Waals surface area contributed by atoms with Crippen LogP contribution in [0.3, 0.4) is 0 Å². The van der Waals surface area contributed by atoms with Gasteiger partial charge in [-0.15, -0.1) is 0 Å². The van der Waals surface area contributed by atoms with Gasteiger partial charge in [0.1, 0.15) is 6.33 Å². The van der Waals surface area contributed by atoms with Crippen molar-refractivity contribution in [3.63, 3.8) is 0 Å². The van der Waals surface area contributed by atoms with E-state index in [9.17, 15) is 4.39 Å². The van der Waals surface area contributed by atoms with Gasteiger partial charge in [0.15, 0.2) is 0 Å². The Bertz CT molecular complexity index is 621. The molecule has 0 aromatic carbocycles. The van der Waals surface area contributed by atoms with E-state index < -0.39 is 0 Å². The molecule has 80 valence electrons. The highest BCUT2D eigenvalue weighted by molar-refractivity contribution is 5.68. The zero-order valence-electron chi connectivity index (χ0n) is 8.50. The van der Waals surface area contributed by atoms with Crippen LogP contribution in [0.4, 0.5) is 4.39 Å². The Hall–Kier alpha value is -2.24. The Morgan fingerprint density at radius 3 is 2.81 bits per heavy atom. The van der Waals surface area contributed by atoms with E-state index in [1.54, 1.807) is 24.0 Å². The van der Waals surface area contributed by atoms with Crippen LogP contribution >= 0.6 is 0 Å². The van der Waals surface area contributed by atoms with Crippen LogP contribution in [0.1, 0.15) is 0 Å². The van der Waals surface area contributed by atoms with Crippen molar-refractivity contribution in [2.75, 3.05) is 0 Å². The number of hydrogen-bond acceptors (Lipinski definition) is 3. The summed E-state index contributed by atoms with van der Waals surface area (Å²) in [6.45, 7) is 0. The van der Waals surface area contributed by atoms with E-state index in [1.807, 2.05) is 6.07 Å². The summed E-state index contributed by atoms with van der Waals surface area (Å²) in [6, 6.07) is 1.82. The number of aryl methyl sites for hydroxylation is 1. The predicted octanol–water partition coefficient (Wildman–Crippen LogP) is 1.27. The highest BCUT2D eigenvalue weighted by Crippen LogP contribution is 2.23. The molecule has 0 aliphatic carbocycles. The molecule has 0 bridgehead atoms. The molecular formula is C10H8FN5. The van der Waals surface area contributed by atoms with Crippen LogP contribution in [0.25, 0.3) is 16.6 Å². The van der Waals surface area contributed by atoms with Gasteiger partial charge < -0.3 is 0 Å². The minimum absolute atomic E-state index is 0.358. The second kappa shape index (κ2) is 3.13. The van der Waals surface area contributed by atoms with E-state index >= 15 is 0 Å². The number of rotatable bonds is 1. The number of nitrogens with zero attached hydrogens (tertiary/aromatic N) is 5. The maximum atomic E-state index is 13.6. The molecule has 0 N–H and O–H groups in total. The van der Waals surface area contributed by atoms with Crippen molar-refractivity contribution in [1.29, 1.82) is 0 Å². The molecule has 3 aromatic heterocycles. The molecule has 6 heteroatoms. The maximum absolute atomic E-state index is 13.6. The van der Waals surface area contributed by atoms with E-state index in [1.165, 1.54) is 17.2 Å². The Kier molecular flexibility index (Phi) is 1.76. The van der Waals surface area contributed by atoms with Crippen LogP contribution in [-0.4, -0.2) is 24.4 Å². The van der Waals surface area contributed by atoms with Crippen molar-refractivity contribution in [2.24, 2.45) is 7.05 Å². The molecular weight excluding hydrogens is 209 g/mol. The van der Waals surface area contributed by atoms with Crippen molar-refractivity contribution in [1.82, 2.24) is 24.4 Å². The monoisotopic (exact) mass is 217 g/mol. The first-order chi connectivity index (χ1) is 7.75. The van der Waals surface area contributed by atoms with Crippen LogP contribution in [-0.2, 0) is 7.05 Å². The fraction of sp³-hybridized carbons (Fsp3) is 0.100. The first kappa shape index (κ1) is 9.02. The van der Waals surface area contributed by atoms with Gasteiger partial charge in [0.25, 0.3) is 0 Å². The largest absolute Gasteiger partial charge is 0.242 e. The minimum atomic E-state index is -0.358. The fourth-order valence-corrected chi connectivity index (χ4v) is 1.62. The summed E-state index contributed by atoms with van der Waals surface area (Å²) in [7, 11) is 1.56. The molecule has 0 spiro atoms. The van der Waals surface area contributed by atoms with E-state index in [4.69, 9.17) is 0 Å². The standard InChI is InChI=1S/C10H8FN5/c1-15-10(11)9(4-13-15)7-2-8-3-12-6-14-16(8)5-7/h2-6H,1H3. The molecule has 0 atom stereocenters. The Labute approximate surface area is 90.2 Å². The summed E-state index contributed by atoms with van der Waals surface area (Å²) in [5.74, 6) is -0.358. The van der Waals surface area contributed by atoms with Crippen molar-refractivity contribution in [3.8, 4) is 11.1 Å². The number of aromatic nitrogens is 5. The Morgan fingerprint density at radius 2 is 2.12 bits per heavy atom. The fourth-order valence-electron chi connectivity index (χ4n) is 1.62. The summed E-state index contributed by atoms with van der Waals surface area (Å²) < 4.78 is 16.5. The van der Waals surface area contributed by atoms with Gasteiger partial charge in [0.05, 0.1) is 23.5 Å². The van der Waals surface area contributed by atoms with Crippen LogP contribution in [0.15, 0.2) is 31.0 Å². The average Bonchev–Trinajstić information content (AvgIpc) is 2.84. The summed E-state index contributed by atoms with van der Waals surface area (Å²) in [4.78, 5) is 3.90. The normalized spacial score (nSPS) is 11.1. The predicted molar refractivity (Wildman–Crippen MR) is 55.1 cm³/mol. The lowest BCUT2D eigenvalue weighted by Crippen LogP contribution is -1.93. The van der Waals surface area contributed by atoms with Gasteiger partial charge in [-0.3, -0.25) is 0 Å². The smallest absolute Gasteiger partial charge is 0.219 e. The van der Waals surface area contributed by atoms with E-state index in [0.29, 0.717) is 5.56 Å². The van der Waals surface area contributed by atoms with Crippen LogP contribution in [0, 0.1) is 5.95 Å². The van der Waals surface area contributed by atoms with Crippen LogP contribution < -0.4 is 0 Å². The molecule has 3 heterocycles. The van der Waals surface area contributed by atoms with Gasteiger partial charge in [-0.05, 0) is 6.07 Å². The second-order valence-corrected chi connectivity index (χ2v) is 3.48. The van der Waals surface area contributed by atoms with Gasteiger partial charge >= 0.3 is 0 Å². The zero-order chi connectivity index (χ0) is 11.1. The lowest BCUT2D eigenvalue weighted by molar-refractivity contribution is 0.506. The van der Waals surface area contributed by atoms with Crippen LogP contribution in [0.5, 0.6) is 0 Å². The summed E-state index contributed by atoms with van der Waals surface area (Å²) in [5.41, 5.74) is 2.03. The van der Waals surface area contributed by atoms with Gasteiger partial charge in [-0.1, -0.05) is 0 Å². The molecule has 0 saturated carbocycles. The Balaban J connectivity index is 2.23. The van der Waals surface area contributed by atoms with Gasteiger partial charge in [0.2, 0.25) is 5.95 Å². The molecule has 16 heavy (non-hydrogen) atoms. The first-order valence-electron chi connectivity index (χ1n) is 4.72. The quantitative estimate of drug-likeness (QED) is 0.616. The molecule has 0 aliphatic rings. The maximum Gasteiger partial charge on any atom is 0.219 e. The number of hydrogen-bond donors (Lipinski definition) is 0. The van der Waals surface area contributed by atoms with Crippen LogP contribution in [0.2, 0.25) is 0 Å². The minimum Gasteiger partial charge on any atom is -0.242 e. The van der Waals surface area contributed by atoms with Gasteiger partial charge in [0, 0.05) is 18.8 Å². The molecule has 0 unspecified atom stereocenters. The SMILES string of the molecule is Cn1ncc(-c2cc3cncnn3c2)c1F. The third-order valence-corrected chi connectivity index (χ3v) is 2.46. The van der Waals surface area contributed by atoms with Gasteiger partial charge in [-0.25, -0.2) is 14.2 Å². The van der Waals surface area contributed by atoms with E-state index in [0.717, 1.165) is 11.1 Å². The van der Waals surface area contributed by atoms with E-state index in [2.05, 4.69) is 15.2 Å². The molecule has 0 fully saturated rings. The van der Waals surface area contributed by atoms with E-state index in [-0.39, 0.29) is 5.95 Å². The molecule has 0 amide bonds. The van der Waals surface area contributed by atoms with Crippen molar-refractivity contribution in [2.45, 2.75) is 0 Å². The first-order valence-corrected chi connectivity index (χ1v) is 4.72. The molecule has 3 rings (SSSR count). The summed E-state index contributed by atoms with van der Waals surface area (Å²) in [5, 5.41) is 7.88. The number of fused-ring (bicyclic) bond motifs is 1. The lowest BCUT2D eigenvalue weighted by Gasteiger charge is -1.91. The highest BCUT2D eigenvalue weighted by Gasteiger charge is 2.11. The molecule has 0 saturated heterocycles. The van der Waals surface area contributed by atoms with Gasteiger partial charge in [-0.2, -0.15) is 14.6 Å². The third kappa shape index (κ3) is 1.19. The Morgan fingerprint density at radius 1 is 1.25 bits per heavy atom. The van der Waals surface area contributed by atoms with Crippen molar-refractivity contribution >= 4 is 5.52 Å².